The number of phenolic OH excluding ortho intramolecular Hbond substituents is 1. The number of halogens is 2. The van der Waals surface area contributed by atoms with Gasteiger partial charge in [-0.15, -0.1) is 0 Å². The molecule has 134 valence electrons. The Morgan fingerprint density at radius 1 is 1.20 bits per heavy atom. The molecule has 2 rings (SSSR count). The minimum absolute atomic E-state index is 0.0965. The van der Waals surface area contributed by atoms with Gasteiger partial charge in [-0.3, -0.25) is 5.32 Å². The molecule has 0 aromatic heterocycles. The fraction of sp³-hybridized carbons (Fsp3) is 0.316. The van der Waals surface area contributed by atoms with Crippen molar-refractivity contribution in [1.82, 2.24) is 0 Å². The van der Waals surface area contributed by atoms with E-state index in [9.17, 15) is 9.90 Å². The number of nitrogens with one attached hydrogen (secondary N) is 1. The Morgan fingerprint density at radius 3 is 2.52 bits per heavy atom. The quantitative estimate of drug-likeness (QED) is 0.452. The number of benzene rings is 2. The Morgan fingerprint density at radius 2 is 1.88 bits per heavy atom. The number of aryl methyl sites for hydroxylation is 1. The van der Waals surface area contributed by atoms with E-state index in [1.54, 1.807) is 19.1 Å². The van der Waals surface area contributed by atoms with Crippen LogP contribution < -0.4 is 10.1 Å². The molecule has 0 bridgehead atoms. The van der Waals surface area contributed by atoms with E-state index in [1.807, 2.05) is 12.1 Å². The second-order valence-electron chi connectivity index (χ2n) is 5.81. The van der Waals surface area contributed by atoms with Gasteiger partial charge in [0.1, 0.15) is 5.75 Å². The molecule has 0 fully saturated rings. The maximum absolute atomic E-state index is 12.0. The molecule has 0 aliphatic rings. The second-order valence-corrected chi connectivity index (χ2v) is 6.59. The molecule has 2 aromatic carbocycles. The summed E-state index contributed by atoms with van der Waals surface area (Å²) in [5.41, 5.74) is 1.84. The maximum Gasteiger partial charge on any atom is 0.417 e. The van der Waals surface area contributed by atoms with Crippen LogP contribution >= 0.6 is 23.2 Å². The van der Waals surface area contributed by atoms with Crippen molar-refractivity contribution in [1.29, 1.82) is 0 Å². The zero-order valence-electron chi connectivity index (χ0n) is 14.2. The summed E-state index contributed by atoms with van der Waals surface area (Å²) in [5, 5.41) is 12.9. The molecular weight excluding hydrogens is 361 g/mol. The molecule has 25 heavy (non-hydrogen) atoms. The number of phenols is 1. The van der Waals surface area contributed by atoms with Crippen molar-refractivity contribution in [3.63, 3.8) is 0 Å². The number of hydrogen-bond acceptors (Lipinski definition) is 3. The molecule has 0 spiro atoms. The molecule has 0 aliphatic carbocycles. The van der Waals surface area contributed by atoms with E-state index in [0.717, 1.165) is 12.8 Å². The SMILES string of the molecule is CCCCCc1ccc(OC(=O)Nc2cc(Cl)c(C)c(Cl)c2O)cc1. The molecule has 0 unspecified atom stereocenters. The van der Waals surface area contributed by atoms with E-state index < -0.39 is 6.09 Å². The molecule has 0 heterocycles. The van der Waals surface area contributed by atoms with Gasteiger partial charge < -0.3 is 9.84 Å². The predicted molar refractivity (Wildman–Crippen MR) is 102 cm³/mol. The Hall–Kier alpha value is -1.91. The average molecular weight is 382 g/mol. The number of ether oxygens (including phenoxy) is 1. The first-order valence-corrected chi connectivity index (χ1v) is 8.93. The number of amides is 1. The van der Waals surface area contributed by atoms with Crippen molar-refractivity contribution in [2.45, 2.75) is 39.5 Å². The van der Waals surface area contributed by atoms with Gasteiger partial charge >= 0.3 is 6.09 Å². The number of rotatable bonds is 6. The summed E-state index contributed by atoms with van der Waals surface area (Å²) in [7, 11) is 0. The predicted octanol–water partition coefficient (Wildman–Crippen LogP) is 6.35. The molecule has 2 aromatic rings. The van der Waals surface area contributed by atoms with E-state index in [0.29, 0.717) is 16.3 Å². The summed E-state index contributed by atoms with van der Waals surface area (Å²) >= 11 is 12.0. The third kappa shape index (κ3) is 5.28. The standard InChI is InChI=1S/C19H21Cl2NO3/c1-3-4-5-6-13-7-9-14(10-8-13)25-19(24)22-16-11-15(20)12(2)17(21)18(16)23/h7-11,23H,3-6H2,1-2H3,(H,22,24). The smallest absolute Gasteiger partial charge is 0.417 e. The van der Waals surface area contributed by atoms with Gasteiger partial charge in [0, 0.05) is 5.02 Å². The van der Waals surface area contributed by atoms with E-state index >= 15 is 0 Å². The normalized spacial score (nSPS) is 10.6. The summed E-state index contributed by atoms with van der Waals surface area (Å²) < 4.78 is 5.22. The Balaban J connectivity index is 1.99. The molecule has 1 amide bonds. The van der Waals surface area contributed by atoms with Gasteiger partial charge in [-0.1, -0.05) is 55.1 Å². The molecule has 0 saturated heterocycles. The first-order valence-electron chi connectivity index (χ1n) is 8.17. The van der Waals surface area contributed by atoms with Crippen LogP contribution in [0.1, 0.15) is 37.3 Å². The van der Waals surface area contributed by atoms with Gasteiger partial charge in [0.25, 0.3) is 0 Å². The molecule has 4 nitrogen and oxygen atoms in total. The van der Waals surface area contributed by atoms with Crippen molar-refractivity contribution < 1.29 is 14.6 Å². The van der Waals surface area contributed by atoms with Crippen molar-refractivity contribution in [2.75, 3.05) is 5.32 Å². The Kier molecular flexibility index (Phi) is 6.97. The van der Waals surface area contributed by atoms with Crippen molar-refractivity contribution in [2.24, 2.45) is 0 Å². The van der Waals surface area contributed by atoms with E-state index in [-0.39, 0.29) is 16.5 Å². The lowest BCUT2D eigenvalue weighted by Crippen LogP contribution is -2.17. The molecule has 6 heteroatoms. The van der Waals surface area contributed by atoms with Crippen molar-refractivity contribution in [3.05, 3.63) is 51.5 Å². The fourth-order valence-electron chi connectivity index (χ4n) is 2.35. The maximum atomic E-state index is 12.0. The highest BCUT2D eigenvalue weighted by Gasteiger charge is 2.15. The third-order valence-electron chi connectivity index (χ3n) is 3.86. The van der Waals surface area contributed by atoms with Gasteiger partial charge in [-0.05, 0) is 49.1 Å². The summed E-state index contributed by atoms with van der Waals surface area (Å²) in [4.78, 5) is 12.0. The molecule has 0 radical (unpaired) electrons. The lowest BCUT2D eigenvalue weighted by Gasteiger charge is -2.12. The number of aromatic hydroxyl groups is 1. The molecular formula is C19H21Cl2NO3. The van der Waals surface area contributed by atoms with Crippen LogP contribution in [0, 0.1) is 6.92 Å². The van der Waals surface area contributed by atoms with Crippen LogP contribution in [0.5, 0.6) is 11.5 Å². The van der Waals surface area contributed by atoms with Gasteiger partial charge in [0.15, 0.2) is 5.75 Å². The van der Waals surface area contributed by atoms with Crippen molar-refractivity contribution >= 4 is 35.0 Å². The fourth-order valence-corrected chi connectivity index (χ4v) is 2.80. The van der Waals surface area contributed by atoms with Gasteiger partial charge in [0.05, 0.1) is 10.7 Å². The van der Waals surface area contributed by atoms with Crippen LogP contribution in [0.2, 0.25) is 10.0 Å². The van der Waals surface area contributed by atoms with Crippen LogP contribution in [-0.2, 0) is 6.42 Å². The largest absolute Gasteiger partial charge is 0.504 e. The number of hydrogen-bond donors (Lipinski definition) is 2. The molecule has 0 saturated carbocycles. The second kappa shape index (κ2) is 8.97. The van der Waals surface area contributed by atoms with Crippen LogP contribution in [-0.4, -0.2) is 11.2 Å². The topological polar surface area (TPSA) is 58.6 Å². The zero-order valence-corrected chi connectivity index (χ0v) is 15.7. The number of carbonyl (C=O) groups excluding carboxylic acids is 1. The zero-order chi connectivity index (χ0) is 18.4. The number of anilines is 1. The van der Waals surface area contributed by atoms with Gasteiger partial charge in [-0.25, -0.2) is 4.79 Å². The highest BCUT2D eigenvalue weighted by atomic mass is 35.5. The summed E-state index contributed by atoms with van der Waals surface area (Å²) in [6.07, 6.45) is 3.80. The van der Waals surface area contributed by atoms with Crippen LogP contribution in [0.3, 0.4) is 0 Å². The highest BCUT2D eigenvalue weighted by Crippen LogP contribution is 2.38. The van der Waals surface area contributed by atoms with Gasteiger partial charge in [-0.2, -0.15) is 0 Å². The molecule has 0 aliphatic heterocycles. The molecule has 2 N–H and O–H groups in total. The first kappa shape index (κ1) is 19.4. The number of unbranched alkanes of at least 4 members (excludes halogenated alkanes) is 2. The number of carbonyl (C=O) groups is 1. The first-order chi connectivity index (χ1) is 11.9. The van der Waals surface area contributed by atoms with E-state index in [1.165, 1.54) is 24.5 Å². The minimum atomic E-state index is -0.731. The van der Waals surface area contributed by atoms with Gasteiger partial charge in [0.2, 0.25) is 0 Å². The lowest BCUT2D eigenvalue weighted by molar-refractivity contribution is 0.215. The third-order valence-corrected chi connectivity index (χ3v) is 4.72. The van der Waals surface area contributed by atoms with Crippen LogP contribution in [0.15, 0.2) is 30.3 Å². The van der Waals surface area contributed by atoms with E-state index in [2.05, 4.69) is 12.2 Å². The minimum Gasteiger partial charge on any atom is -0.504 e. The van der Waals surface area contributed by atoms with Crippen LogP contribution in [0.4, 0.5) is 10.5 Å². The van der Waals surface area contributed by atoms with Crippen LogP contribution in [0.25, 0.3) is 0 Å². The highest BCUT2D eigenvalue weighted by molar-refractivity contribution is 6.37. The van der Waals surface area contributed by atoms with Crippen molar-refractivity contribution in [3.8, 4) is 11.5 Å². The summed E-state index contributed by atoms with van der Waals surface area (Å²) in [6, 6.07) is 8.80. The summed E-state index contributed by atoms with van der Waals surface area (Å²) in [6.45, 7) is 3.84. The Bertz CT molecular complexity index is 745. The monoisotopic (exact) mass is 381 g/mol. The average Bonchev–Trinajstić information content (AvgIpc) is 2.59. The lowest BCUT2D eigenvalue weighted by atomic mass is 10.1. The van der Waals surface area contributed by atoms with E-state index in [4.69, 9.17) is 27.9 Å². The Labute approximate surface area is 157 Å². The molecule has 0 atom stereocenters. The summed E-state index contributed by atoms with van der Waals surface area (Å²) in [5.74, 6) is 0.173.